The Balaban J connectivity index is 1.57. The number of rotatable bonds is 8. The van der Waals surface area contributed by atoms with Gasteiger partial charge in [0.1, 0.15) is 0 Å². The molecule has 0 bridgehead atoms. The minimum absolute atomic E-state index is 0.0421. The maximum Gasteiger partial charge on any atom is 0.255 e. The van der Waals surface area contributed by atoms with Gasteiger partial charge in [-0.15, -0.1) is 0 Å². The molecule has 3 aromatic rings. The Kier molecular flexibility index (Phi) is 7.51. The van der Waals surface area contributed by atoms with Crippen LogP contribution in [0.1, 0.15) is 58.9 Å². The smallest absolute Gasteiger partial charge is 0.255 e. The van der Waals surface area contributed by atoms with Crippen LogP contribution in [-0.4, -0.2) is 16.8 Å². The van der Waals surface area contributed by atoms with E-state index in [2.05, 4.69) is 15.6 Å². The van der Waals surface area contributed by atoms with E-state index in [9.17, 15) is 9.59 Å². The molecule has 6 heteroatoms. The first-order chi connectivity index (χ1) is 15.0. The predicted molar refractivity (Wildman–Crippen MR) is 123 cm³/mol. The average Bonchev–Trinajstić information content (AvgIpc) is 2.79. The third kappa shape index (κ3) is 6.23. The second-order valence-electron chi connectivity index (χ2n) is 7.56. The number of benzene rings is 2. The molecular formula is C25H28N4O2. The highest BCUT2D eigenvalue weighted by molar-refractivity contribution is 6.04. The van der Waals surface area contributed by atoms with Crippen molar-refractivity contribution in [1.29, 1.82) is 0 Å². The normalized spacial score (nSPS) is 12.6. The summed E-state index contributed by atoms with van der Waals surface area (Å²) in [6, 6.07) is 18.1. The van der Waals surface area contributed by atoms with Crippen LogP contribution in [0.25, 0.3) is 0 Å². The van der Waals surface area contributed by atoms with Crippen molar-refractivity contribution < 1.29 is 9.59 Å². The number of hydrogen-bond acceptors (Lipinski definition) is 4. The van der Waals surface area contributed by atoms with Gasteiger partial charge in [0, 0.05) is 36.1 Å². The molecular weight excluding hydrogens is 388 g/mol. The first-order valence-electron chi connectivity index (χ1n) is 10.4. The first kappa shape index (κ1) is 22.2. The highest BCUT2D eigenvalue weighted by Gasteiger charge is 2.17. The first-order valence-corrected chi connectivity index (χ1v) is 10.4. The van der Waals surface area contributed by atoms with Crippen molar-refractivity contribution >= 4 is 17.5 Å². The topological polar surface area (TPSA) is 97.1 Å². The summed E-state index contributed by atoms with van der Waals surface area (Å²) in [7, 11) is 0. The standard InChI is InChI=1S/C25H28N4O2/c1-3-23(19-6-4-17(2)5-7-19)29-24(30)16-22(26)18-8-10-20(11-9-18)25(31)28-21-12-14-27-15-13-21/h4-15,22-23H,3,16,26H2,1-2H3,(H,29,30)(H,27,28,31)/t22?,23-/m1/s1. The zero-order valence-corrected chi connectivity index (χ0v) is 17.8. The molecule has 0 saturated heterocycles. The minimum atomic E-state index is -0.451. The summed E-state index contributed by atoms with van der Waals surface area (Å²) in [4.78, 5) is 28.8. The predicted octanol–water partition coefficient (Wildman–Crippen LogP) is 4.30. The van der Waals surface area contributed by atoms with Crippen LogP contribution in [0.5, 0.6) is 0 Å². The van der Waals surface area contributed by atoms with E-state index in [1.807, 2.05) is 38.1 Å². The number of nitrogens with zero attached hydrogens (tertiary/aromatic N) is 1. The third-order valence-electron chi connectivity index (χ3n) is 5.17. The van der Waals surface area contributed by atoms with Gasteiger partial charge in [-0.05, 0) is 48.7 Å². The fraction of sp³-hybridized carbons (Fsp3) is 0.240. The van der Waals surface area contributed by atoms with Crippen LogP contribution in [0.3, 0.4) is 0 Å². The summed E-state index contributed by atoms with van der Waals surface area (Å²) in [5, 5.41) is 5.88. The number of nitrogens with two attached hydrogens (primary N) is 1. The highest BCUT2D eigenvalue weighted by Crippen LogP contribution is 2.20. The third-order valence-corrected chi connectivity index (χ3v) is 5.17. The fourth-order valence-corrected chi connectivity index (χ4v) is 3.31. The molecule has 31 heavy (non-hydrogen) atoms. The van der Waals surface area contributed by atoms with Gasteiger partial charge in [0.15, 0.2) is 0 Å². The lowest BCUT2D eigenvalue weighted by Gasteiger charge is -2.19. The molecule has 160 valence electrons. The Morgan fingerprint density at radius 1 is 0.935 bits per heavy atom. The van der Waals surface area contributed by atoms with Crippen molar-refractivity contribution in [2.75, 3.05) is 5.32 Å². The molecule has 0 aliphatic heterocycles. The Morgan fingerprint density at radius 3 is 2.16 bits per heavy atom. The summed E-state index contributed by atoms with van der Waals surface area (Å²) >= 11 is 0. The zero-order valence-electron chi connectivity index (χ0n) is 17.8. The molecule has 1 unspecified atom stereocenters. The molecule has 1 heterocycles. The van der Waals surface area contributed by atoms with Gasteiger partial charge >= 0.3 is 0 Å². The molecule has 6 nitrogen and oxygen atoms in total. The van der Waals surface area contributed by atoms with Crippen LogP contribution in [0.15, 0.2) is 73.1 Å². The van der Waals surface area contributed by atoms with E-state index >= 15 is 0 Å². The molecule has 0 aliphatic rings. The van der Waals surface area contributed by atoms with Gasteiger partial charge in [-0.2, -0.15) is 0 Å². The van der Waals surface area contributed by atoms with Crippen LogP contribution < -0.4 is 16.4 Å². The molecule has 4 N–H and O–H groups in total. The fourth-order valence-electron chi connectivity index (χ4n) is 3.31. The van der Waals surface area contributed by atoms with Crippen LogP contribution in [-0.2, 0) is 4.79 Å². The van der Waals surface area contributed by atoms with Gasteiger partial charge in [0.2, 0.25) is 5.91 Å². The number of nitrogens with one attached hydrogen (secondary N) is 2. The number of amides is 2. The van der Waals surface area contributed by atoms with Gasteiger partial charge in [0.05, 0.1) is 6.04 Å². The Bertz CT molecular complexity index is 1000. The molecule has 2 atom stereocenters. The van der Waals surface area contributed by atoms with Gasteiger partial charge in [0.25, 0.3) is 5.91 Å². The summed E-state index contributed by atoms with van der Waals surface area (Å²) in [5.41, 5.74) is 10.5. The largest absolute Gasteiger partial charge is 0.349 e. The van der Waals surface area contributed by atoms with E-state index in [0.29, 0.717) is 11.3 Å². The van der Waals surface area contributed by atoms with Gasteiger partial charge in [-0.1, -0.05) is 48.9 Å². The van der Waals surface area contributed by atoms with Crippen molar-refractivity contribution in [1.82, 2.24) is 10.3 Å². The number of hydrogen-bond donors (Lipinski definition) is 3. The van der Waals surface area contributed by atoms with E-state index in [-0.39, 0.29) is 24.3 Å². The minimum Gasteiger partial charge on any atom is -0.349 e. The van der Waals surface area contributed by atoms with Crippen LogP contribution in [0.4, 0.5) is 5.69 Å². The summed E-state index contributed by atoms with van der Waals surface area (Å²) < 4.78 is 0. The monoisotopic (exact) mass is 416 g/mol. The maximum atomic E-state index is 12.6. The number of aryl methyl sites for hydroxylation is 1. The Morgan fingerprint density at radius 2 is 1.55 bits per heavy atom. The molecule has 2 aromatic carbocycles. The second-order valence-corrected chi connectivity index (χ2v) is 7.56. The van der Waals surface area contributed by atoms with Crippen molar-refractivity contribution in [2.24, 2.45) is 5.73 Å². The zero-order chi connectivity index (χ0) is 22.2. The lowest BCUT2D eigenvalue weighted by atomic mass is 10.0. The van der Waals surface area contributed by atoms with Crippen LogP contribution >= 0.6 is 0 Å². The van der Waals surface area contributed by atoms with Crippen molar-refractivity contribution in [3.05, 3.63) is 95.3 Å². The van der Waals surface area contributed by atoms with Crippen molar-refractivity contribution in [3.8, 4) is 0 Å². The lowest BCUT2D eigenvalue weighted by molar-refractivity contribution is -0.122. The van der Waals surface area contributed by atoms with Gasteiger partial charge in [-0.3, -0.25) is 14.6 Å². The molecule has 0 saturated carbocycles. The number of pyridine rings is 1. The van der Waals surface area contributed by atoms with E-state index in [1.165, 1.54) is 5.56 Å². The van der Waals surface area contributed by atoms with Gasteiger partial charge in [-0.25, -0.2) is 0 Å². The van der Waals surface area contributed by atoms with Crippen LogP contribution in [0.2, 0.25) is 0 Å². The molecule has 0 spiro atoms. The van der Waals surface area contributed by atoms with Crippen molar-refractivity contribution in [3.63, 3.8) is 0 Å². The van der Waals surface area contributed by atoms with E-state index < -0.39 is 6.04 Å². The summed E-state index contributed by atoms with van der Waals surface area (Å²) in [6.07, 6.45) is 4.20. The molecule has 0 radical (unpaired) electrons. The lowest BCUT2D eigenvalue weighted by Crippen LogP contribution is -2.31. The quantitative estimate of drug-likeness (QED) is 0.510. The number of aromatic nitrogens is 1. The highest BCUT2D eigenvalue weighted by atomic mass is 16.2. The number of anilines is 1. The Labute approximate surface area is 182 Å². The molecule has 1 aromatic heterocycles. The van der Waals surface area contributed by atoms with E-state index in [4.69, 9.17) is 5.73 Å². The molecule has 3 rings (SSSR count). The second kappa shape index (κ2) is 10.5. The number of carbonyl (C=O) groups is 2. The van der Waals surface area contributed by atoms with Crippen molar-refractivity contribution in [2.45, 2.75) is 38.8 Å². The number of carbonyl (C=O) groups excluding carboxylic acids is 2. The van der Waals surface area contributed by atoms with Gasteiger partial charge < -0.3 is 16.4 Å². The molecule has 2 amide bonds. The Hall–Kier alpha value is -3.51. The van der Waals surface area contributed by atoms with Crippen LogP contribution in [0, 0.1) is 6.92 Å². The summed E-state index contributed by atoms with van der Waals surface area (Å²) in [6.45, 7) is 4.08. The molecule has 0 aliphatic carbocycles. The summed E-state index contributed by atoms with van der Waals surface area (Å²) in [5.74, 6) is -0.313. The SMILES string of the molecule is CC[C@@H](NC(=O)CC(N)c1ccc(C(=O)Nc2ccncc2)cc1)c1ccc(C)cc1. The average molecular weight is 417 g/mol. The molecule has 0 fully saturated rings. The van der Waals surface area contributed by atoms with E-state index in [1.54, 1.807) is 48.8 Å². The van der Waals surface area contributed by atoms with E-state index in [0.717, 1.165) is 17.5 Å². The maximum absolute atomic E-state index is 12.6.